The highest BCUT2D eigenvalue weighted by Gasteiger charge is 2.35. The maximum atomic E-state index is 10.2. The van der Waals surface area contributed by atoms with Crippen molar-refractivity contribution in [2.24, 2.45) is 0 Å². The molecule has 2 aliphatic heterocycles. The number of ether oxygens (including phenoxy) is 1. The lowest BCUT2D eigenvalue weighted by Gasteiger charge is -2.30. The summed E-state index contributed by atoms with van der Waals surface area (Å²) < 4.78 is 5.46. The number of aliphatic hydroxyl groups excluding tert-OH is 1. The predicted molar refractivity (Wildman–Crippen MR) is 85.0 cm³/mol. The van der Waals surface area contributed by atoms with Crippen molar-refractivity contribution >= 4 is 5.69 Å². The molecule has 1 aromatic carbocycles. The van der Waals surface area contributed by atoms with Crippen molar-refractivity contribution in [1.29, 1.82) is 0 Å². The number of fused-ring (bicyclic) bond motifs is 2. The first-order valence-electron chi connectivity index (χ1n) is 7.93. The van der Waals surface area contributed by atoms with E-state index >= 15 is 0 Å². The number of hydrogen-bond donors (Lipinski definition) is 1. The minimum Gasteiger partial charge on any atom is -0.496 e. The molecule has 1 aromatic rings. The van der Waals surface area contributed by atoms with E-state index in [9.17, 15) is 5.11 Å². The van der Waals surface area contributed by atoms with Crippen LogP contribution in [0.3, 0.4) is 0 Å². The van der Waals surface area contributed by atoms with Crippen LogP contribution >= 0.6 is 0 Å². The van der Waals surface area contributed by atoms with Crippen LogP contribution in [0.25, 0.3) is 0 Å². The molecule has 0 spiro atoms. The standard InChI is InChI=1S/C17H26N2O2/c1-12(20)17-15(5-4-6-16(17)21-3)19-10-9-13-7-8-14(11-19)18(13)2/h4-6,12-14,20H,7-11H2,1-3H3/t12-,13?,14?/m0/s1. The van der Waals surface area contributed by atoms with Crippen LogP contribution in [0.4, 0.5) is 5.69 Å². The van der Waals surface area contributed by atoms with Gasteiger partial charge in [-0.2, -0.15) is 0 Å². The Bertz CT molecular complexity index is 504. The largest absolute Gasteiger partial charge is 0.496 e. The lowest BCUT2D eigenvalue weighted by molar-refractivity contribution is 0.194. The first-order chi connectivity index (χ1) is 10.1. The quantitative estimate of drug-likeness (QED) is 0.927. The summed E-state index contributed by atoms with van der Waals surface area (Å²) in [5.41, 5.74) is 2.05. The molecule has 2 bridgehead atoms. The van der Waals surface area contributed by atoms with Crippen molar-refractivity contribution < 1.29 is 9.84 Å². The van der Waals surface area contributed by atoms with E-state index in [1.54, 1.807) is 7.11 Å². The summed E-state index contributed by atoms with van der Waals surface area (Å²) >= 11 is 0. The Morgan fingerprint density at radius 1 is 1.24 bits per heavy atom. The molecule has 0 aliphatic carbocycles. The van der Waals surface area contributed by atoms with E-state index in [2.05, 4.69) is 22.9 Å². The van der Waals surface area contributed by atoms with Gasteiger partial charge in [0.25, 0.3) is 0 Å². The van der Waals surface area contributed by atoms with Crippen LogP contribution in [0, 0.1) is 0 Å². The highest BCUT2D eigenvalue weighted by atomic mass is 16.5. The van der Waals surface area contributed by atoms with Crippen LogP contribution in [0.2, 0.25) is 0 Å². The van der Waals surface area contributed by atoms with Gasteiger partial charge in [0.15, 0.2) is 0 Å². The fourth-order valence-corrected chi connectivity index (χ4v) is 3.93. The van der Waals surface area contributed by atoms with Gasteiger partial charge in [-0.25, -0.2) is 0 Å². The summed E-state index contributed by atoms with van der Waals surface area (Å²) in [7, 11) is 3.93. The van der Waals surface area contributed by atoms with Gasteiger partial charge in [-0.05, 0) is 45.4 Å². The molecule has 0 saturated carbocycles. The van der Waals surface area contributed by atoms with Crippen molar-refractivity contribution in [2.75, 3.05) is 32.1 Å². The van der Waals surface area contributed by atoms with E-state index in [1.165, 1.54) is 19.3 Å². The third-order valence-electron chi connectivity index (χ3n) is 5.17. The van der Waals surface area contributed by atoms with Crippen molar-refractivity contribution in [3.63, 3.8) is 0 Å². The molecule has 2 unspecified atom stereocenters. The van der Waals surface area contributed by atoms with Crippen LogP contribution in [-0.4, -0.2) is 49.3 Å². The second-order valence-corrected chi connectivity index (χ2v) is 6.35. The Morgan fingerprint density at radius 2 is 2.00 bits per heavy atom. The van der Waals surface area contributed by atoms with Crippen LogP contribution < -0.4 is 9.64 Å². The number of hydrogen-bond acceptors (Lipinski definition) is 4. The van der Waals surface area contributed by atoms with Crippen molar-refractivity contribution in [3.05, 3.63) is 23.8 Å². The van der Waals surface area contributed by atoms with E-state index < -0.39 is 6.10 Å². The van der Waals surface area contributed by atoms with E-state index in [-0.39, 0.29) is 0 Å². The zero-order chi connectivity index (χ0) is 15.0. The highest BCUT2D eigenvalue weighted by molar-refractivity contribution is 5.60. The van der Waals surface area contributed by atoms with Crippen molar-refractivity contribution in [3.8, 4) is 5.75 Å². The topological polar surface area (TPSA) is 35.9 Å². The van der Waals surface area contributed by atoms with Gasteiger partial charge in [-0.15, -0.1) is 0 Å². The smallest absolute Gasteiger partial charge is 0.126 e. The van der Waals surface area contributed by atoms with E-state index in [0.717, 1.165) is 36.1 Å². The zero-order valence-corrected chi connectivity index (χ0v) is 13.2. The van der Waals surface area contributed by atoms with Crippen LogP contribution in [0.5, 0.6) is 5.75 Å². The lowest BCUT2D eigenvalue weighted by Crippen LogP contribution is -2.37. The van der Waals surface area contributed by atoms with Crippen LogP contribution in [0.1, 0.15) is 37.9 Å². The summed E-state index contributed by atoms with van der Waals surface area (Å²) in [5, 5.41) is 10.2. The molecule has 2 fully saturated rings. The first kappa shape index (κ1) is 14.7. The Balaban J connectivity index is 1.93. The molecule has 21 heavy (non-hydrogen) atoms. The Morgan fingerprint density at radius 3 is 2.71 bits per heavy atom. The molecule has 2 aliphatic rings. The second-order valence-electron chi connectivity index (χ2n) is 6.35. The van der Waals surface area contributed by atoms with Gasteiger partial charge >= 0.3 is 0 Å². The molecular weight excluding hydrogens is 264 g/mol. The van der Waals surface area contributed by atoms with Crippen molar-refractivity contribution in [2.45, 2.75) is 44.4 Å². The molecule has 4 heteroatoms. The van der Waals surface area contributed by atoms with Crippen LogP contribution in [-0.2, 0) is 0 Å². The summed E-state index contributed by atoms with van der Waals surface area (Å²) in [5.74, 6) is 0.783. The Labute approximate surface area is 127 Å². The molecule has 1 N–H and O–H groups in total. The molecule has 4 nitrogen and oxygen atoms in total. The number of rotatable bonds is 3. The number of aliphatic hydroxyl groups is 1. The van der Waals surface area contributed by atoms with Gasteiger partial charge < -0.3 is 14.7 Å². The summed E-state index contributed by atoms with van der Waals surface area (Å²) in [6.07, 6.45) is 3.29. The number of nitrogens with zero attached hydrogens (tertiary/aromatic N) is 2. The van der Waals surface area contributed by atoms with Gasteiger partial charge in [0.1, 0.15) is 5.75 Å². The third-order valence-corrected chi connectivity index (χ3v) is 5.17. The average Bonchev–Trinajstić information content (AvgIpc) is 2.71. The molecule has 2 saturated heterocycles. The normalized spacial score (nSPS) is 27.5. The van der Waals surface area contributed by atoms with E-state index in [0.29, 0.717) is 6.04 Å². The number of benzene rings is 1. The molecule has 2 heterocycles. The molecule has 116 valence electrons. The average molecular weight is 290 g/mol. The minimum absolute atomic E-state index is 0.519. The predicted octanol–water partition coefficient (Wildman–Crippen LogP) is 2.42. The lowest BCUT2D eigenvalue weighted by atomic mass is 10.0. The summed E-state index contributed by atoms with van der Waals surface area (Å²) in [4.78, 5) is 4.98. The molecule has 3 atom stereocenters. The fraction of sp³-hybridized carbons (Fsp3) is 0.647. The van der Waals surface area contributed by atoms with Gasteiger partial charge in [0.2, 0.25) is 0 Å². The number of methoxy groups -OCH3 is 1. The highest BCUT2D eigenvalue weighted by Crippen LogP contribution is 2.37. The monoisotopic (exact) mass is 290 g/mol. The third kappa shape index (κ3) is 2.62. The van der Waals surface area contributed by atoms with Crippen molar-refractivity contribution in [1.82, 2.24) is 4.90 Å². The second kappa shape index (κ2) is 5.85. The molecular formula is C17H26N2O2. The maximum absolute atomic E-state index is 10.2. The molecule has 0 aromatic heterocycles. The minimum atomic E-state index is -0.519. The fourth-order valence-electron chi connectivity index (χ4n) is 3.93. The Kier molecular flexibility index (Phi) is 4.09. The van der Waals surface area contributed by atoms with Gasteiger partial charge in [-0.1, -0.05) is 6.07 Å². The van der Waals surface area contributed by atoms with E-state index in [1.807, 2.05) is 19.1 Å². The SMILES string of the molecule is COc1cccc(N2CCC3CCC(C2)N3C)c1[C@H](C)O. The summed E-state index contributed by atoms with van der Waals surface area (Å²) in [6, 6.07) is 7.42. The molecule has 0 radical (unpaired) electrons. The first-order valence-corrected chi connectivity index (χ1v) is 7.93. The maximum Gasteiger partial charge on any atom is 0.126 e. The van der Waals surface area contributed by atoms with Crippen LogP contribution in [0.15, 0.2) is 18.2 Å². The van der Waals surface area contributed by atoms with E-state index in [4.69, 9.17) is 4.74 Å². The zero-order valence-electron chi connectivity index (χ0n) is 13.2. The van der Waals surface area contributed by atoms with Gasteiger partial charge in [0, 0.05) is 36.4 Å². The van der Waals surface area contributed by atoms with Gasteiger partial charge in [0.05, 0.1) is 13.2 Å². The number of likely N-dealkylation sites (N-methyl/N-ethyl adjacent to an activating group) is 1. The summed E-state index contributed by atoms with van der Waals surface area (Å²) in [6.45, 7) is 3.91. The number of anilines is 1. The molecule has 0 amide bonds. The van der Waals surface area contributed by atoms with Gasteiger partial charge in [-0.3, -0.25) is 4.90 Å². The molecule has 3 rings (SSSR count). The Hall–Kier alpha value is -1.26.